The van der Waals surface area contributed by atoms with E-state index in [1.54, 1.807) is 0 Å². The Hall–Kier alpha value is -0.910. The highest BCUT2D eigenvalue weighted by molar-refractivity contribution is 5.39. The van der Waals surface area contributed by atoms with E-state index in [4.69, 9.17) is 0 Å². The van der Waals surface area contributed by atoms with Gasteiger partial charge in [0.1, 0.15) is 0 Å². The lowest BCUT2D eigenvalue weighted by molar-refractivity contribution is -0.523. The predicted molar refractivity (Wildman–Crippen MR) is 39.2 cm³/mol. The first-order valence-electron chi connectivity index (χ1n) is 4.71. The lowest BCUT2D eigenvalue weighted by atomic mass is 9.55. The molecule has 2 atom stereocenters. The molecule has 1 saturated carbocycles. The van der Waals surface area contributed by atoms with Crippen molar-refractivity contribution >= 4 is 0 Å². The molecule has 21 heavy (non-hydrogen) atoms. The summed E-state index contributed by atoms with van der Waals surface area (Å²) in [5, 5.41) is 0. The maximum Gasteiger partial charge on any atom is 0.457 e. The molecular weight excluding hydrogens is 343 g/mol. The molecule has 0 spiro atoms. The van der Waals surface area contributed by atoms with Crippen molar-refractivity contribution in [3.8, 4) is 0 Å². The summed E-state index contributed by atoms with van der Waals surface area (Å²) in [5.74, 6) is -27.3. The average Bonchev–Trinajstić information content (AvgIpc) is 2.22. The quantitative estimate of drug-likeness (QED) is 0.644. The molecule has 0 radical (unpaired) electrons. The highest BCUT2D eigenvalue weighted by Crippen LogP contribution is 2.77. The van der Waals surface area contributed by atoms with Crippen LogP contribution in [0.15, 0.2) is 0 Å². The number of hydrogen-bond acceptors (Lipinski definition) is 0. The Morgan fingerprint density at radius 3 is 1.10 bits per heavy atom. The van der Waals surface area contributed by atoms with E-state index in [2.05, 4.69) is 0 Å². The first kappa shape index (κ1) is 18.1. The Bertz CT molecular complexity index is 442. The summed E-state index contributed by atoms with van der Waals surface area (Å²) < 4.78 is 164. The van der Waals surface area contributed by atoms with Crippen LogP contribution in [-0.2, 0) is 0 Å². The minimum atomic E-state index is -7.50. The number of hydrogen-bond donors (Lipinski definition) is 0. The molecule has 13 heteroatoms. The second kappa shape index (κ2) is 3.70. The van der Waals surface area contributed by atoms with Crippen molar-refractivity contribution in [2.45, 2.75) is 48.1 Å². The second-order valence-electron chi connectivity index (χ2n) is 4.43. The van der Waals surface area contributed by atoms with Crippen LogP contribution in [-0.4, -0.2) is 41.2 Å². The fraction of sp³-hybridized carbons (Fsp3) is 1.00. The van der Waals surface area contributed by atoms with Gasteiger partial charge in [-0.05, 0) is 0 Å². The molecular formula is C8H3F13. The van der Waals surface area contributed by atoms with Crippen LogP contribution in [0.1, 0.15) is 6.92 Å². The third kappa shape index (κ3) is 1.45. The first-order chi connectivity index (χ1) is 8.75. The van der Waals surface area contributed by atoms with Crippen LogP contribution in [0.3, 0.4) is 0 Å². The lowest BCUT2D eigenvalue weighted by Gasteiger charge is -2.61. The minimum absolute atomic E-state index is 1.02. The monoisotopic (exact) mass is 346 g/mol. The fourth-order valence-electron chi connectivity index (χ4n) is 1.99. The maximum atomic E-state index is 13.4. The minimum Gasteiger partial charge on any atom is -0.226 e. The number of rotatable bonds is 2. The van der Waals surface area contributed by atoms with E-state index in [-0.39, 0.29) is 0 Å². The van der Waals surface area contributed by atoms with Gasteiger partial charge < -0.3 is 0 Å². The van der Waals surface area contributed by atoms with Crippen LogP contribution in [0.25, 0.3) is 0 Å². The molecule has 1 aliphatic carbocycles. The Balaban J connectivity index is 3.74. The van der Waals surface area contributed by atoms with Crippen molar-refractivity contribution in [3.05, 3.63) is 0 Å². The summed E-state index contributed by atoms with van der Waals surface area (Å²) in [5.41, 5.74) is -14.0. The van der Waals surface area contributed by atoms with Gasteiger partial charge in [-0.2, -0.15) is 39.5 Å². The second-order valence-corrected chi connectivity index (χ2v) is 4.43. The molecule has 0 N–H and O–H groups in total. The Morgan fingerprint density at radius 2 is 0.857 bits per heavy atom. The zero-order valence-electron chi connectivity index (χ0n) is 9.41. The van der Waals surface area contributed by atoms with Crippen molar-refractivity contribution in [2.75, 3.05) is 0 Å². The molecule has 0 nitrogen and oxygen atoms in total. The Kier molecular flexibility index (Phi) is 3.20. The van der Waals surface area contributed by atoms with Gasteiger partial charge in [0.15, 0.2) is 0 Å². The third-order valence-electron chi connectivity index (χ3n) is 3.13. The zero-order valence-corrected chi connectivity index (χ0v) is 9.41. The normalized spacial score (nSPS) is 36.3. The molecule has 1 fully saturated rings. The summed E-state index contributed by atoms with van der Waals surface area (Å²) >= 11 is 0. The maximum absolute atomic E-state index is 13.4. The summed E-state index contributed by atoms with van der Waals surface area (Å²) in [6.07, 6.45) is -7.32. The molecule has 0 saturated heterocycles. The molecule has 1 aliphatic rings. The fourth-order valence-corrected chi connectivity index (χ4v) is 1.99. The van der Waals surface area contributed by atoms with E-state index in [1.165, 1.54) is 0 Å². The third-order valence-corrected chi connectivity index (χ3v) is 3.13. The average molecular weight is 346 g/mol. The van der Waals surface area contributed by atoms with Crippen LogP contribution in [0.5, 0.6) is 0 Å². The highest BCUT2D eigenvalue weighted by atomic mass is 19.4. The van der Waals surface area contributed by atoms with Crippen molar-refractivity contribution < 1.29 is 57.1 Å². The van der Waals surface area contributed by atoms with Gasteiger partial charge in [-0.25, -0.2) is 17.6 Å². The van der Waals surface area contributed by atoms with Crippen molar-refractivity contribution in [2.24, 2.45) is 0 Å². The highest BCUT2D eigenvalue weighted by Gasteiger charge is 3.10. The zero-order chi connectivity index (χ0) is 17.5. The van der Waals surface area contributed by atoms with Crippen molar-refractivity contribution in [1.29, 1.82) is 0 Å². The van der Waals surface area contributed by atoms with E-state index >= 15 is 0 Å². The summed E-state index contributed by atoms with van der Waals surface area (Å²) in [6.45, 7) is -1.02. The molecule has 1 rings (SSSR count). The number of halogens is 13. The molecule has 0 heterocycles. The smallest absolute Gasteiger partial charge is 0.226 e. The number of alkyl halides is 13. The summed E-state index contributed by atoms with van der Waals surface area (Å²) in [6, 6.07) is 0. The van der Waals surface area contributed by atoms with Crippen molar-refractivity contribution in [3.63, 3.8) is 0 Å². The van der Waals surface area contributed by atoms with E-state index in [9.17, 15) is 57.1 Å². The van der Waals surface area contributed by atoms with Gasteiger partial charge in [0, 0.05) is 6.92 Å². The van der Waals surface area contributed by atoms with Gasteiger partial charge in [0.05, 0.1) is 0 Å². The van der Waals surface area contributed by atoms with Crippen LogP contribution in [0.4, 0.5) is 57.1 Å². The molecule has 0 aromatic rings. The van der Waals surface area contributed by atoms with E-state index < -0.39 is 48.1 Å². The van der Waals surface area contributed by atoms with Gasteiger partial charge in [0.2, 0.25) is 0 Å². The van der Waals surface area contributed by atoms with Gasteiger partial charge in [-0.15, -0.1) is 0 Å². The molecule has 0 amide bonds. The van der Waals surface area contributed by atoms with E-state index in [0.29, 0.717) is 0 Å². The molecule has 0 aliphatic heterocycles. The van der Waals surface area contributed by atoms with Crippen LogP contribution >= 0.6 is 0 Å². The summed E-state index contributed by atoms with van der Waals surface area (Å²) in [4.78, 5) is 0. The van der Waals surface area contributed by atoms with Gasteiger partial charge in [-0.1, -0.05) is 0 Å². The topological polar surface area (TPSA) is 0 Å². The van der Waals surface area contributed by atoms with Crippen molar-refractivity contribution in [1.82, 2.24) is 0 Å². The SMILES string of the molecule is CC(F)(F)C1(F)C(F)(F)C(F)(F)C1(F)C(F)(F)C(F)(F)F. The molecule has 0 bridgehead atoms. The van der Waals surface area contributed by atoms with E-state index in [0.717, 1.165) is 0 Å². The summed E-state index contributed by atoms with van der Waals surface area (Å²) in [7, 11) is 0. The molecule has 0 aromatic heterocycles. The molecule has 0 aromatic carbocycles. The predicted octanol–water partition coefficient (Wildman–Crippen LogP) is 4.54. The largest absolute Gasteiger partial charge is 0.457 e. The standard InChI is InChI=1S/C8H3F13/c1-2(9,10)3(11)4(12,6(15,16)5(3,13)14)7(17,18)8(19,20)21/h1H3. The van der Waals surface area contributed by atoms with Crippen LogP contribution < -0.4 is 0 Å². The molecule has 2 unspecified atom stereocenters. The van der Waals surface area contributed by atoms with Gasteiger partial charge >= 0.3 is 23.9 Å². The van der Waals surface area contributed by atoms with Crippen LogP contribution in [0, 0.1) is 0 Å². The first-order valence-corrected chi connectivity index (χ1v) is 4.71. The lowest BCUT2D eigenvalue weighted by Crippen LogP contribution is -2.95. The van der Waals surface area contributed by atoms with Crippen LogP contribution in [0.2, 0.25) is 0 Å². The molecule has 126 valence electrons. The van der Waals surface area contributed by atoms with E-state index in [1.807, 2.05) is 0 Å². The van der Waals surface area contributed by atoms with Gasteiger partial charge in [0.25, 0.3) is 17.3 Å². The Labute approximate surface area is 106 Å². The Morgan fingerprint density at radius 1 is 0.571 bits per heavy atom. The van der Waals surface area contributed by atoms with Gasteiger partial charge in [-0.3, -0.25) is 0 Å².